The minimum Gasteiger partial charge on any atom is -0.389 e. The van der Waals surface area contributed by atoms with Crippen LogP contribution in [0.5, 0.6) is 0 Å². The van der Waals surface area contributed by atoms with Gasteiger partial charge in [-0.15, -0.1) is 0 Å². The second-order valence-electron chi connectivity index (χ2n) is 4.13. The Kier molecular flexibility index (Phi) is 4.81. The molecule has 2 nitrogen and oxygen atoms in total. The fourth-order valence-electron chi connectivity index (χ4n) is 1.77. The van der Waals surface area contributed by atoms with Gasteiger partial charge in [-0.2, -0.15) is 0 Å². The molecule has 2 rings (SSSR count). The molecule has 0 saturated heterocycles. The zero-order chi connectivity index (χ0) is 14.7. The lowest BCUT2D eigenvalue weighted by Crippen LogP contribution is -2.14. The zero-order valence-corrected chi connectivity index (χ0v) is 12.6. The van der Waals surface area contributed by atoms with E-state index in [0.717, 1.165) is 11.3 Å². The molecule has 6 heteroatoms. The van der Waals surface area contributed by atoms with E-state index in [1.807, 2.05) is 6.07 Å². The first-order valence-corrected chi connectivity index (χ1v) is 6.91. The summed E-state index contributed by atoms with van der Waals surface area (Å²) in [5, 5.41) is 3.74. The van der Waals surface area contributed by atoms with Crippen LogP contribution in [0.4, 0.5) is 10.1 Å². The van der Waals surface area contributed by atoms with Crippen molar-refractivity contribution in [3.05, 3.63) is 63.4 Å². The fraction of sp³-hybridized carbons (Fsp3) is 0.0714. The van der Waals surface area contributed by atoms with Crippen LogP contribution < -0.4 is 11.1 Å². The number of hydrogen-bond acceptors (Lipinski definition) is 2. The van der Waals surface area contributed by atoms with E-state index >= 15 is 0 Å². The van der Waals surface area contributed by atoms with Crippen LogP contribution in [-0.4, -0.2) is 4.99 Å². The SMILES string of the molecule is NC(=S)c1c(Cl)cccc1NCc1ccc(F)c(Cl)c1. The summed E-state index contributed by atoms with van der Waals surface area (Å²) in [6, 6.07) is 9.88. The number of anilines is 1. The van der Waals surface area contributed by atoms with Crippen LogP contribution in [-0.2, 0) is 6.54 Å². The summed E-state index contributed by atoms with van der Waals surface area (Å²) in [5.41, 5.74) is 7.82. The Labute approximate surface area is 131 Å². The highest BCUT2D eigenvalue weighted by atomic mass is 35.5. The Hall–Kier alpha value is -1.36. The van der Waals surface area contributed by atoms with Crippen LogP contribution in [0.25, 0.3) is 0 Å². The zero-order valence-electron chi connectivity index (χ0n) is 10.3. The summed E-state index contributed by atoms with van der Waals surface area (Å²) in [6.45, 7) is 0.454. The first-order chi connectivity index (χ1) is 9.49. The standard InChI is InChI=1S/C14H11Cl2FN2S/c15-9-2-1-3-12(13(9)14(18)20)19-7-8-4-5-11(17)10(16)6-8/h1-6,19H,7H2,(H2,18,20). The molecular weight excluding hydrogens is 318 g/mol. The van der Waals surface area contributed by atoms with Crippen molar-refractivity contribution in [1.82, 2.24) is 0 Å². The lowest BCUT2D eigenvalue weighted by molar-refractivity contribution is 0.627. The van der Waals surface area contributed by atoms with Crippen molar-refractivity contribution in [3.8, 4) is 0 Å². The van der Waals surface area contributed by atoms with E-state index in [9.17, 15) is 4.39 Å². The molecule has 20 heavy (non-hydrogen) atoms. The van der Waals surface area contributed by atoms with Crippen LogP contribution >= 0.6 is 35.4 Å². The molecule has 0 aliphatic carbocycles. The van der Waals surface area contributed by atoms with Crippen LogP contribution in [0.1, 0.15) is 11.1 Å². The predicted octanol–water partition coefficient (Wildman–Crippen LogP) is 4.38. The number of benzene rings is 2. The van der Waals surface area contributed by atoms with Crippen LogP contribution in [0, 0.1) is 5.82 Å². The Morgan fingerprint density at radius 1 is 1.20 bits per heavy atom. The van der Waals surface area contributed by atoms with Crippen LogP contribution in [0.3, 0.4) is 0 Å². The Balaban J connectivity index is 2.21. The maximum absolute atomic E-state index is 13.1. The molecule has 0 radical (unpaired) electrons. The van der Waals surface area contributed by atoms with Crippen molar-refractivity contribution < 1.29 is 4.39 Å². The average molecular weight is 329 g/mol. The number of nitrogens with one attached hydrogen (secondary N) is 1. The summed E-state index contributed by atoms with van der Waals surface area (Å²) in [4.78, 5) is 0.218. The van der Waals surface area contributed by atoms with Crippen molar-refractivity contribution in [1.29, 1.82) is 0 Å². The van der Waals surface area contributed by atoms with E-state index in [1.54, 1.807) is 24.3 Å². The van der Waals surface area contributed by atoms with E-state index < -0.39 is 5.82 Å². The predicted molar refractivity (Wildman–Crippen MR) is 86.1 cm³/mol. The van der Waals surface area contributed by atoms with Gasteiger partial charge in [0.1, 0.15) is 10.8 Å². The van der Waals surface area contributed by atoms with Crippen molar-refractivity contribution in [2.24, 2.45) is 5.73 Å². The third kappa shape index (κ3) is 3.39. The molecule has 0 atom stereocenters. The number of nitrogens with two attached hydrogens (primary N) is 1. The smallest absolute Gasteiger partial charge is 0.141 e. The summed E-state index contributed by atoms with van der Waals surface area (Å²) >= 11 is 16.8. The van der Waals surface area contributed by atoms with Gasteiger partial charge in [-0.3, -0.25) is 0 Å². The van der Waals surface area contributed by atoms with Crippen molar-refractivity contribution >= 4 is 46.1 Å². The molecule has 0 aliphatic rings. The van der Waals surface area contributed by atoms with Gasteiger partial charge in [0.15, 0.2) is 0 Å². The van der Waals surface area contributed by atoms with Crippen LogP contribution in [0.15, 0.2) is 36.4 Å². The highest BCUT2D eigenvalue weighted by molar-refractivity contribution is 7.80. The molecule has 0 saturated carbocycles. The molecule has 0 spiro atoms. The first kappa shape index (κ1) is 15.0. The summed E-state index contributed by atoms with van der Waals surface area (Å²) in [6.07, 6.45) is 0. The average Bonchev–Trinajstić information content (AvgIpc) is 2.39. The third-order valence-electron chi connectivity index (χ3n) is 2.73. The van der Waals surface area contributed by atoms with Gasteiger partial charge >= 0.3 is 0 Å². The van der Waals surface area contributed by atoms with Gasteiger partial charge in [0.25, 0.3) is 0 Å². The maximum atomic E-state index is 13.1. The number of thiocarbonyl (C=S) groups is 1. The molecule has 0 aromatic heterocycles. The quantitative estimate of drug-likeness (QED) is 0.818. The van der Waals surface area contributed by atoms with Gasteiger partial charge in [-0.05, 0) is 29.8 Å². The fourth-order valence-corrected chi connectivity index (χ4v) is 2.52. The van der Waals surface area contributed by atoms with Gasteiger partial charge < -0.3 is 11.1 Å². The number of rotatable bonds is 4. The second-order valence-corrected chi connectivity index (χ2v) is 5.38. The minimum absolute atomic E-state index is 0.0879. The summed E-state index contributed by atoms with van der Waals surface area (Å²) in [7, 11) is 0. The Morgan fingerprint density at radius 3 is 2.60 bits per heavy atom. The largest absolute Gasteiger partial charge is 0.389 e. The van der Waals surface area contributed by atoms with Crippen molar-refractivity contribution in [2.75, 3.05) is 5.32 Å². The van der Waals surface area contributed by atoms with E-state index in [2.05, 4.69) is 5.32 Å². The lowest BCUT2D eigenvalue weighted by Gasteiger charge is -2.13. The minimum atomic E-state index is -0.443. The van der Waals surface area contributed by atoms with E-state index in [1.165, 1.54) is 6.07 Å². The van der Waals surface area contributed by atoms with Gasteiger partial charge in [0.05, 0.1) is 15.6 Å². The first-order valence-electron chi connectivity index (χ1n) is 5.75. The molecule has 2 aromatic carbocycles. The molecular formula is C14H11Cl2FN2S. The van der Waals surface area contributed by atoms with E-state index in [4.69, 9.17) is 41.2 Å². The van der Waals surface area contributed by atoms with Crippen LogP contribution in [0.2, 0.25) is 10.0 Å². The maximum Gasteiger partial charge on any atom is 0.141 e. The highest BCUT2D eigenvalue weighted by Crippen LogP contribution is 2.25. The van der Waals surface area contributed by atoms with Gasteiger partial charge in [-0.25, -0.2) is 4.39 Å². The number of halogens is 3. The van der Waals surface area contributed by atoms with E-state index in [-0.39, 0.29) is 10.0 Å². The summed E-state index contributed by atoms with van der Waals surface area (Å²) in [5.74, 6) is -0.443. The van der Waals surface area contributed by atoms with Crippen molar-refractivity contribution in [2.45, 2.75) is 6.54 Å². The Morgan fingerprint density at radius 2 is 1.95 bits per heavy atom. The van der Waals surface area contributed by atoms with E-state index in [0.29, 0.717) is 17.1 Å². The molecule has 0 amide bonds. The molecule has 104 valence electrons. The van der Waals surface area contributed by atoms with Gasteiger partial charge in [-0.1, -0.05) is 47.6 Å². The number of hydrogen-bond donors (Lipinski definition) is 2. The molecule has 0 heterocycles. The third-order valence-corrected chi connectivity index (χ3v) is 3.54. The molecule has 0 unspecified atom stereocenters. The topological polar surface area (TPSA) is 38.0 Å². The van der Waals surface area contributed by atoms with Crippen molar-refractivity contribution in [3.63, 3.8) is 0 Å². The monoisotopic (exact) mass is 328 g/mol. The Bertz CT molecular complexity index is 662. The lowest BCUT2D eigenvalue weighted by atomic mass is 10.1. The molecule has 0 bridgehead atoms. The summed E-state index contributed by atoms with van der Waals surface area (Å²) < 4.78 is 13.1. The molecule has 3 N–H and O–H groups in total. The normalized spacial score (nSPS) is 10.3. The second kappa shape index (κ2) is 6.39. The molecule has 0 fully saturated rings. The molecule has 2 aromatic rings. The molecule has 0 aliphatic heterocycles. The highest BCUT2D eigenvalue weighted by Gasteiger charge is 2.09. The van der Waals surface area contributed by atoms with Gasteiger partial charge in [0, 0.05) is 12.2 Å². The van der Waals surface area contributed by atoms with Gasteiger partial charge in [0.2, 0.25) is 0 Å².